The maximum atomic E-state index is 3.74. The minimum Gasteiger partial charge on any atom is -0.307 e. The molecule has 1 aliphatic carbocycles. The van der Waals surface area contributed by atoms with Crippen molar-refractivity contribution in [1.82, 2.24) is 5.32 Å². The third kappa shape index (κ3) is 3.10. The SMILES string of the molecule is Cc1ccc(C(C)NC2CC(C(C)C)C2)cc1. The first kappa shape index (κ1) is 12.6. The van der Waals surface area contributed by atoms with E-state index in [1.807, 2.05) is 0 Å². The second-order valence-electron chi connectivity index (χ2n) is 5.97. The number of hydrogen-bond donors (Lipinski definition) is 1. The molecule has 0 saturated heterocycles. The zero-order valence-corrected chi connectivity index (χ0v) is 11.5. The van der Waals surface area contributed by atoms with E-state index in [9.17, 15) is 0 Å². The molecule has 0 bridgehead atoms. The normalized spacial score (nSPS) is 25.7. The minimum absolute atomic E-state index is 0.480. The summed E-state index contributed by atoms with van der Waals surface area (Å²) in [5.41, 5.74) is 2.74. The molecule has 0 amide bonds. The molecular weight excluding hydrogens is 206 g/mol. The summed E-state index contributed by atoms with van der Waals surface area (Å²) in [5.74, 6) is 1.79. The van der Waals surface area contributed by atoms with Crippen LogP contribution in [0.25, 0.3) is 0 Å². The molecule has 1 aromatic rings. The van der Waals surface area contributed by atoms with Crippen LogP contribution in [0.4, 0.5) is 0 Å². The second-order valence-corrected chi connectivity index (χ2v) is 5.97. The highest BCUT2D eigenvalue weighted by atomic mass is 15.0. The van der Waals surface area contributed by atoms with Crippen LogP contribution < -0.4 is 5.32 Å². The minimum atomic E-state index is 0.480. The molecule has 17 heavy (non-hydrogen) atoms. The molecular formula is C16H25N. The van der Waals surface area contributed by atoms with Crippen molar-refractivity contribution in [3.63, 3.8) is 0 Å². The van der Waals surface area contributed by atoms with E-state index in [-0.39, 0.29) is 0 Å². The highest BCUT2D eigenvalue weighted by Crippen LogP contribution is 2.34. The van der Waals surface area contributed by atoms with E-state index in [1.54, 1.807) is 0 Å². The quantitative estimate of drug-likeness (QED) is 0.823. The van der Waals surface area contributed by atoms with Gasteiger partial charge in [0.1, 0.15) is 0 Å². The first-order valence-corrected chi connectivity index (χ1v) is 6.89. The van der Waals surface area contributed by atoms with Gasteiger partial charge in [-0.25, -0.2) is 0 Å². The Morgan fingerprint density at radius 2 is 1.65 bits per heavy atom. The van der Waals surface area contributed by atoms with Crippen LogP contribution in [-0.2, 0) is 0 Å². The predicted molar refractivity (Wildman–Crippen MR) is 74.1 cm³/mol. The molecule has 1 aromatic carbocycles. The molecule has 0 radical (unpaired) electrons. The lowest BCUT2D eigenvalue weighted by Crippen LogP contribution is -2.43. The van der Waals surface area contributed by atoms with Gasteiger partial charge in [-0.05, 0) is 44.1 Å². The monoisotopic (exact) mass is 231 g/mol. The van der Waals surface area contributed by atoms with Crippen molar-refractivity contribution in [2.75, 3.05) is 0 Å². The van der Waals surface area contributed by atoms with Crippen molar-refractivity contribution < 1.29 is 0 Å². The smallest absolute Gasteiger partial charge is 0.0294 e. The molecule has 0 aromatic heterocycles. The Balaban J connectivity index is 1.82. The van der Waals surface area contributed by atoms with Gasteiger partial charge < -0.3 is 5.32 Å². The molecule has 1 nitrogen and oxygen atoms in total. The Hall–Kier alpha value is -0.820. The number of aryl methyl sites for hydroxylation is 1. The molecule has 1 saturated carbocycles. The lowest BCUT2D eigenvalue weighted by atomic mass is 9.73. The van der Waals surface area contributed by atoms with Crippen LogP contribution >= 0.6 is 0 Å². The van der Waals surface area contributed by atoms with E-state index in [1.165, 1.54) is 24.0 Å². The van der Waals surface area contributed by atoms with Gasteiger partial charge in [0.25, 0.3) is 0 Å². The highest BCUT2D eigenvalue weighted by molar-refractivity contribution is 5.23. The third-order valence-electron chi connectivity index (χ3n) is 4.18. The molecule has 1 N–H and O–H groups in total. The zero-order chi connectivity index (χ0) is 12.4. The summed E-state index contributed by atoms with van der Waals surface area (Å²) in [6.07, 6.45) is 2.71. The number of benzene rings is 1. The van der Waals surface area contributed by atoms with Crippen LogP contribution in [0.5, 0.6) is 0 Å². The van der Waals surface area contributed by atoms with Gasteiger partial charge >= 0.3 is 0 Å². The molecule has 2 rings (SSSR count). The largest absolute Gasteiger partial charge is 0.307 e. The lowest BCUT2D eigenvalue weighted by molar-refractivity contribution is 0.159. The van der Waals surface area contributed by atoms with Crippen LogP contribution in [0.2, 0.25) is 0 Å². The maximum absolute atomic E-state index is 3.74. The summed E-state index contributed by atoms with van der Waals surface area (Å²) in [5, 5.41) is 3.74. The van der Waals surface area contributed by atoms with Crippen molar-refractivity contribution in [1.29, 1.82) is 0 Å². The Bertz CT molecular complexity index is 346. The van der Waals surface area contributed by atoms with E-state index in [2.05, 4.69) is 57.3 Å². The Kier molecular flexibility index (Phi) is 3.88. The lowest BCUT2D eigenvalue weighted by Gasteiger charge is -2.40. The van der Waals surface area contributed by atoms with Gasteiger partial charge in [-0.2, -0.15) is 0 Å². The molecule has 0 spiro atoms. The molecule has 0 heterocycles. The van der Waals surface area contributed by atoms with Gasteiger partial charge in [0, 0.05) is 12.1 Å². The second kappa shape index (κ2) is 5.22. The van der Waals surface area contributed by atoms with Gasteiger partial charge in [-0.3, -0.25) is 0 Å². The van der Waals surface area contributed by atoms with Crippen LogP contribution in [0.15, 0.2) is 24.3 Å². The summed E-state index contributed by atoms with van der Waals surface area (Å²) in [6, 6.07) is 10.1. The fourth-order valence-corrected chi connectivity index (χ4v) is 2.65. The highest BCUT2D eigenvalue weighted by Gasteiger charge is 2.31. The van der Waals surface area contributed by atoms with Crippen molar-refractivity contribution >= 4 is 0 Å². The molecule has 1 fully saturated rings. The Labute approximate surface area is 106 Å². The van der Waals surface area contributed by atoms with Gasteiger partial charge in [0.15, 0.2) is 0 Å². The van der Waals surface area contributed by atoms with Gasteiger partial charge in [-0.15, -0.1) is 0 Å². The third-order valence-corrected chi connectivity index (χ3v) is 4.18. The summed E-state index contributed by atoms with van der Waals surface area (Å²) in [4.78, 5) is 0. The molecule has 1 heteroatoms. The van der Waals surface area contributed by atoms with E-state index in [0.717, 1.165) is 17.9 Å². The summed E-state index contributed by atoms with van der Waals surface area (Å²) in [7, 11) is 0. The van der Waals surface area contributed by atoms with E-state index in [4.69, 9.17) is 0 Å². The number of hydrogen-bond acceptors (Lipinski definition) is 1. The average molecular weight is 231 g/mol. The first-order valence-electron chi connectivity index (χ1n) is 6.89. The fourth-order valence-electron chi connectivity index (χ4n) is 2.65. The topological polar surface area (TPSA) is 12.0 Å². The number of rotatable bonds is 4. The molecule has 0 aliphatic heterocycles. The van der Waals surface area contributed by atoms with Crippen LogP contribution in [0.3, 0.4) is 0 Å². The van der Waals surface area contributed by atoms with Gasteiger partial charge in [-0.1, -0.05) is 43.7 Å². The number of nitrogens with one attached hydrogen (secondary N) is 1. The van der Waals surface area contributed by atoms with Crippen molar-refractivity contribution in [3.05, 3.63) is 35.4 Å². The van der Waals surface area contributed by atoms with E-state index < -0.39 is 0 Å². The summed E-state index contributed by atoms with van der Waals surface area (Å²) < 4.78 is 0. The average Bonchev–Trinajstić information content (AvgIpc) is 2.23. The zero-order valence-electron chi connectivity index (χ0n) is 11.5. The molecule has 94 valence electrons. The summed E-state index contributed by atoms with van der Waals surface area (Å²) in [6.45, 7) is 9.09. The van der Waals surface area contributed by atoms with Crippen molar-refractivity contribution in [2.45, 2.75) is 52.6 Å². The van der Waals surface area contributed by atoms with E-state index in [0.29, 0.717) is 6.04 Å². The molecule has 1 unspecified atom stereocenters. The van der Waals surface area contributed by atoms with Crippen LogP contribution in [-0.4, -0.2) is 6.04 Å². The first-order chi connectivity index (χ1) is 8.06. The summed E-state index contributed by atoms with van der Waals surface area (Å²) >= 11 is 0. The predicted octanol–water partition coefficient (Wildman–Crippen LogP) is 4.08. The van der Waals surface area contributed by atoms with E-state index >= 15 is 0 Å². The Morgan fingerprint density at radius 1 is 1.06 bits per heavy atom. The van der Waals surface area contributed by atoms with Gasteiger partial charge in [0.05, 0.1) is 0 Å². The maximum Gasteiger partial charge on any atom is 0.0294 e. The Morgan fingerprint density at radius 3 is 2.18 bits per heavy atom. The fraction of sp³-hybridized carbons (Fsp3) is 0.625. The van der Waals surface area contributed by atoms with Crippen molar-refractivity contribution in [3.8, 4) is 0 Å². The standard InChI is InChI=1S/C16H25N/c1-11(2)15-9-16(10-15)17-13(4)14-7-5-12(3)6-8-14/h5-8,11,13,15-17H,9-10H2,1-4H3. The van der Waals surface area contributed by atoms with Gasteiger partial charge in [0.2, 0.25) is 0 Å². The van der Waals surface area contributed by atoms with Crippen LogP contribution in [0, 0.1) is 18.8 Å². The van der Waals surface area contributed by atoms with Crippen LogP contribution in [0.1, 0.15) is 50.8 Å². The molecule has 1 aliphatic rings. The van der Waals surface area contributed by atoms with Crippen molar-refractivity contribution in [2.24, 2.45) is 11.8 Å². The molecule has 1 atom stereocenters.